The summed E-state index contributed by atoms with van der Waals surface area (Å²) in [6.07, 6.45) is 6.58. The lowest BCUT2D eigenvalue weighted by Crippen LogP contribution is -2.44. The number of halogens is 1. The number of fused-ring (bicyclic) bond motifs is 3. The fourth-order valence-electron chi connectivity index (χ4n) is 6.38. The molecule has 0 aromatic heterocycles. The molecule has 2 heterocycles. The summed E-state index contributed by atoms with van der Waals surface area (Å²) < 4.78 is 34.9. The van der Waals surface area contributed by atoms with E-state index < -0.39 is 27.3 Å². The van der Waals surface area contributed by atoms with E-state index in [1.165, 1.54) is 5.56 Å². The molecular weight excluding hydrogens is 548 g/mol. The molecule has 2 aliphatic heterocycles. The molecule has 2 aromatic rings. The van der Waals surface area contributed by atoms with Gasteiger partial charge in [-0.3, -0.25) is 4.79 Å². The molecule has 7 nitrogen and oxygen atoms in total. The molecule has 1 fully saturated rings. The third-order valence-electron chi connectivity index (χ3n) is 9.35. The van der Waals surface area contributed by atoms with Crippen LogP contribution in [0.3, 0.4) is 0 Å². The number of carbonyl (C=O) groups excluding carboxylic acids is 1. The van der Waals surface area contributed by atoms with Gasteiger partial charge in [0.15, 0.2) is 0 Å². The van der Waals surface area contributed by atoms with Gasteiger partial charge in [-0.15, -0.1) is 0 Å². The van der Waals surface area contributed by atoms with Crippen LogP contribution in [-0.2, 0) is 23.1 Å². The molecule has 0 spiro atoms. The fourth-order valence-corrected chi connectivity index (χ4v) is 7.88. The number of benzene rings is 2. The summed E-state index contributed by atoms with van der Waals surface area (Å²) in [4.78, 5) is 15.5. The average Bonchev–Trinajstić information content (AvgIpc) is 2.92. The van der Waals surface area contributed by atoms with Crippen molar-refractivity contribution in [1.29, 1.82) is 0 Å². The molecule has 40 heavy (non-hydrogen) atoms. The van der Waals surface area contributed by atoms with Crippen LogP contribution >= 0.6 is 11.6 Å². The fraction of sp³-hybridized carbons (Fsp3) is 0.581. The quantitative estimate of drug-likeness (QED) is 0.409. The maximum absolute atomic E-state index is 13.3. The topological polar surface area (TPSA) is 95.9 Å². The van der Waals surface area contributed by atoms with Gasteiger partial charge in [0.1, 0.15) is 12.4 Å². The maximum Gasteiger partial charge on any atom is 0.264 e. The predicted molar refractivity (Wildman–Crippen MR) is 158 cm³/mol. The Labute approximate surface area is 243 Å². The van der Waals surface area contributed by atoms with Crippen LogP contribution in [0.2, 0.25) is 5.02 Å². The van der Waals surface area contributed by atoms with Gasteiger partial charge in [0.25, 0.3) is 5.91 Å². The van der Waals surface area contributed by atoms with Crippen LogP contribution in [0.1, 0.15) is 80.3 Å². The van der Waals surface area contributed by atoms with E-state index in [9.17, 15) is 18.3 Å². The Morgan fingerprint density at radius 1 is 1.00 bits per heavy atom. The monoisotopic (exact) mass is 588 g/mol. The van der Waals surface area contributed by atoms with Crippen LogP contribution in [0.4, 0.5) is 5.69 Å². The standard InChI is InChI=1S/C31H41ClN2O5S/c1-20-6-5-8-29(35)27-13-10-24(27)18-34-15-4-3-7-22-16-26(32)12-9-25(22)19-39-30-14-11-23(17-28(30)34)31(36)33-40(37,38)21(20)2/h9,11-12,14,16-17,20-21,24,27,29,35H,3-8,10,13,15,18-19H2,1-2H3,(H,33,36)/t20-,21+,24-,27+,29-/m0/s1. The lowest BCUT2D eigenvalue weighted by molar-refractivity contribution is 0.00887. The molecule has 218 valence electrons. The van der Waals surface area contributed by atoms with Crippen molar-refractivity contribution in [3.8, 4) is 5.75 Å². The van der Waals surface area contributed by atoms with E-state index in [-0.39, 0.29) is 17.4 Å². The second-order valence-corrected chi connectivity index (χ2v) is 14.4. The molecule has 0 saturated heterocycles. The van der Waals surface area contributed by atoms with Gasteiger partial charge in [-0.2, -0.15) is 0 Å². The van der Waals surface area contributed by atoms with Crippen molar-refractivity contribution in [3.63, 3.8) is 0 Å². The van der Waals surface area contributed by atoms with E-state index in [0.29, 0.717) is 36.1 Å². The van der Waals surface area contributed by atoms with Gasteiger partial charge in [-0.25, -0.2) is 13.1 Å². The Morgan fingerprint density at radius 3 is 2.60 bits per heavy atom. The number of sulfonamides is 1. The summed E-state index contributed by atoms with van der Waals surface area (Å²) in [5.74, 6) is 0.467. The van der Waals surface area contributed by atoms with E-state index in [1.807, 2.05) is 25.1 Å². The summed E-state index contributed by atoms with van der Waals surface area (Å²) in [5.41, 5.74) is 3.34. The number of hydrogen-bond acceptors (Lipinski definition) is 6. The summed E-state index contributed by atoms with van der Waals surface area (Å²) in [6, 6.07) is 11.1. The molecule has 2 bridgehead atoms. The number of rotatable bonds is 0. The molecule has 1 amide bonds. The van der Waals surface area contributed by atoms with Crippen LogP contribution in [0.25, 0.3) is 0 Å². The number of nitrogens with one attached hydrogen (secondary N) is 1. The first-order valence-electron chi connectivity index (χ1n) is 14.7. The SMILES string of the molecule is C[C@@H]1[C@@H](C)CCC[C@H](O)[C@@H]2CC[C@H]2CN2CCCCc3cc(Cl)ccc3COc3ccc(cc32)C(=O)NS1(=O)=O. The van der Waals surface area contributed by atoms with Gasteiger partial charge < -0.3 is 14.7 Å². The van der Waals surface area contributed by atoms with Gasteiger partial charge in [0.2, 0.25) is 10.0 Å². The van der Waals surface area contributed by atoms with Crippen LogP contribution < -0.4 is 14.4 Å². The van der Waals surface area contributed by atoms with E-state index in [2.05, 4.69) is 9.62 Å². The predicted octanol–water partition coefficient (Wildman–Crippen LogP) is 5.72. The molecule has 5 atom stereocenters. The summed E-state index contributed by atoms with van der Waals surface area (Å²) in [6.45, 7) is 5.44. The van der Waals surface area contributed by atoms with Gasteiger partial charge >= 0.3 is 0 Å². The zero-order chi connectivity index (χ0) is 28.4. The van der Waals surface area contributed by atoms with Crippen molar-refractivity contribution < 1.29 is 23.1 Å². The first-order valence-corrected chi connectivity index (χ1v) is 16.6. The molecule has 1 saturated carbocycles. The first-order chi connectivity index (χ1) is 19.1. The highest BCUT2D eigenvalue weighted by molar-refractivity contribution is 7.90. The number of hydrogen-bond donors (Lipinski definition) is 2. The second kappa shape index (κ2) is 12.3. The number of ether oxygens (including phenoxy) is 1. The molecule has 0 unspecified atom stereocenters. The Morgan fingerprint density at radius 2 is 1.82 bits per heavy atom. The highest BCUT2D eigenvalue weighted by atomic mass is 35.5. The third kappa shape index (κ3) is 6.44. The zero-order valence-corrected chi connectivity index (χ0v) is 25.0. The Balaban J connectivity index is 1.52. The largest absolute Gasteiger partial charge is 0.487 e. The normalized spacial score (nSPS) is 29.4. The Bertz CT molecular complexity index is 1330. The number of nitrogens with zero attached hydrogens (tertiary/aromatic N) is 1. The van der Waals surface area contributed by atoms with Crippen molar-refractivity contribution in [2.24, 2.45) is 17.8 Å². The molecule has 1 aliphatic carbocycles. The van der Waals surface area contributed by atoms with Crippen molar-refractivity contribution in [1.82, 2.24) is 4.72 Å². The van der Waals surface area contributed by atoms with Gasteiger partial charge in [-0.1, -0.05) is 31.0 Å². The number of amides is 1. The number of aliphatic hydroxyl groups is 1. The molecule has 2 N–H and O–H groups in total. The third-order valence-corrected chi connectivity index (χ3v) is 11.5. The van der Waals surface area contributed by atoms with Gasteiger partial charge in [0.05, 0.1) is 17.0 Å². The average molecular weight is 589 g/mol. The highest BCUT2D eigenvalue weighted by Crippen LogP contribution is 2.41. The number of aliphatic hydroxyl groups excluding tert-OH is 1. The Hall–Kier alpha value is -2.29. The smallest absolute Gasteiger partial charge is 0.264 e. The van der Waals surface area contributed by atoms with E-state index in [0.717, 1.165) is 62.9 Å². The molecule has 9 heteroatoms. The summed E-state index contributed by atoms with van der Waals surface area (Å²) >= 11 is 6.30. The first kappa shape index (κ1) is 29.2. The number of anilines is 1. The van der Waals surface area contributed by atoms with Crippen LogP contribution in [-0.4, -0.2) is 43.9 Å². The van der Waals surface area contributed by atoms with E-state index in [1.54, 1.807) is 25.1 Å². The summed E-state index contributed by atoms with van der Waals surface area (Å²) in [7, 11) is -3.88. The van der Waals surface area contributed by atoms with Crippen molar-refractivity contribution in [3.05, 3.63) is 58.1 Å². The van der Waals surface area contributed by atoms with Crippen molar-refractivity contribution >= 4 is 33.2 Å². The lowest BCUT2D eigenvalue weighted by Gasteiger charge is -2.43. The highest BCUT2D eigenvalue weighted by Gasteiger charge is 2.38. The number of carbonyl (C=O) groups is 1. The Kier molecular flexibility index (Phi) is 8.98. The van der Waals surface area contributed by atoms with E-state index in [4.69, 9.17) is 16.3 Å². The minimum Gasteiger partial charge on any atom is -0.487 e. The minimum atomic E-state index is -3.88. The van der Waals surface area contributed by atoms with Crippen molar-refractivity contribution in [2.75, 3.05) is 18.0 Å². The van der Waals surface area contributed by atoms with Crippen molar-refractivity contribution in [2.45, 2.75) is 83.2 Å². The molecule has 2 aromatic carbocycles. The molecule has 0 radical (unpaired) electrons. The molecule has 3 aliphatic rings. The van der Waals surface area contributed by atoms with Crippen LogP contribution in [0.5, 0.6) is 5.75 Å². The van der Waals surface area contributed by atoms with Crippen LogP contribution in [0, 0.1) is 17.8 Å². The summed E-state index contributed by atoms with van der Waals surface area (Å²) in [5, 5.41) is 11.1. The van der Waals surface area contributed by atoms with Crippen LogP contribution in [0.15, 0.2) is 36.4 Å². The molecular formula is C31H41ClN2O5S. The number of aryl methyl sites for hydroxylation is 1. The van der Waals surface area contributed by atoms with Gasteiger partial charge in [-0.05, 0) is 111 Å². The minimum absolute atomic E-state index is 0.142. The van der Waals surface area contributed by atoms with Gasteiger partial charge in [0, 0.05) is 23.7 Å². The maximum atomic E-state index is 13.3. The molecule has 5 rings (SSSR count). The second-order valence-electron chi connectivity index (χ2n) is 11.9. The zero-order valence-electron chi connectivity index (χ0n) is 23.4. The lowest BCUT2D eigenvalue weighted by atomic mass is 9.69. The van der Waals surface area contributed by atoms with E-state index >= 15 is 0 Å².